The van der Waals surface area contributed by atoms with Crippen molar-refractivity contribution in [1.82, 2.24) is 0 Å². The molecule has 0 atom stereocenters. The van der Waals surface area contributed by atoms with Crippen LogP contribution in [-0.2, 0) is 6.61 Å². The average molecular weight is 522 g/mol. The second-order valence-electron chi connectivity index (χ2n) is 6.41. The molecule has 0 aliphatic rings. The molecular weight excluding hydrogens is 501 g/mol. The van der Waals surface area contributed by atoms with Gasteiger partial charge in [0.25, 0.3) is 5.91 Å². The molecule has 0 bridgehead atoms. The Balaban J connectivity index is 1.87. The van der Waals surface area contributed by atoms with Gasteiger partial charge in [0, 0.05) is 16.3 Å². The molecule has 29 heavy (non-hydrogen) atoms. The number of amides is 1. The zero-order chi connectivity index (χ0) is 20.8. The lowest BCUT2D eigenvalue weighted by atomic mass is 10.1. The molecule has 0 aliphatic heterocycles. The van der Waals surface area contributed by atoms with Crippen molar-refractivity contribution in [1.29, 1.82) is 0 Å². The summed E-state index contributed by atoms with van der Waals surface area (Å²) in [6, 6.07) is 18.8. The van der Waals surface area contributed by atoms with Gasteiger partial charge in [-0.2, -0.15) is 0 Å². The molecule has 0 fully saturated rings. The van der Waals surface area contributed by atoms with E-state index in [1.54, 1.807) is 24.3 Å². The number of rotatable bonds is 7. The molecule has 0 spiro atoms. The van der Waals surface area contributed by atoms with Gasteiger partial charge in [0.2, 0.25) is 0 Å². The van der Waals surface area contributed by atoms with E-state index in [1.807, 2.05) is 50.2 Å². The minimum absolute atomic E-state index is 0.235. The van der Waals surface area contributed by atoms with Crippen molar-refractivity contribution in [3.63, 3.8) is 0 Å². The molecule has 1 amide bonds. The quantitative estimate of drug-likeness (QED) is 0.362. The van der Waals surface area contributed by atoms with Gasteiger partial charge >= 0.3 is 0 Å². The minimum atomic E-state index is -0.235. The van der Waals surface area contributed by atoms with Crippen molar-refractivity contribution >= 4 is 45.8 Å². The second-order valence-corrected chi connectivity index (χ2v) is 8.00. The van der Waals surface area contributed by atoms with Crippen LogP contribution < -0.4 is 14.8 Å². The lowest BCUT2D eigenvalue weighted by Crippen LogP contribution is -2.14. The van der Waals surface area contributed by atoms with Gasteiger partial charge in [-0.05, 0) is 71.8 Å². The number of hydrogen-bond acceptors (Lipinski definition) is 3. The van der Waals surface area contributed by atoms with Gasteiger partial charge in [-0.3, -0.25) is 4.79 Å². The molecule has 3 aromatic rings. The van der Waals surface area contributed by atoms with E-state index in [0.29, 0.717) is 41.0 Å². The number of aryl methyl sites for hydroxylation is 1. The molecule has 0 saturated carbocycles. The fourth-order valence-corrected chi connectivity index (χ4v) is 3.68. The predicted octanol–water partition coefficient (Wildman–Crippen LogP) is 6.48. The first kappa shape index (κ1) is 21.5. The Bertz CT molecular complexity index is 1010. The summed E-state index contributed by atoms with van der Waals surface area (Å²) in [7, 11) is 0. The third kappa shape index (κ3) is 5.64. The van der Waals surface area contributed by atoms with Crippen LogP contribution in [0.5, 0.6) is 11.5 Å². The topological polar surface area (TPSA) is 47.6 Å². The predicted molar refractivity (Wildman–Crippen MR) is 125 cm³/mol. The SMILES string of the molecule is CCOc1c(I)cc(C(=O)Nc2cc(Cl)ccc2C)cc1OCc1ccccc1. The van der Waals surface area contributed by atoms with Crippen LogP contribution in [0.4, 0.5) is 5.69 Å². The molecule has 0 aromatic heterocycles. The Morgan fingerprint density at radius 3 is 2.55 bits per heavy atom. The van der Waals surface area contributed by atoms with Crippen LogP contribution >= 0.6 is 34.2 Å². The standard InChI is InChI=1S/C23H21ClINO3/c1-3-28-22-19(25)11-17(12-21(22)29-14-16-7-5-4-6-8-16)23(27)26-20-13-18(24)10-9-15(20)2/h4-13H,3,14H2,1-2H3,(H,26,27). The maximum atomic E-state index is 12.9. The van der Waals surface area contributed by atoms with E-state index in [-0.39, 0.29) is 5.91 Å². The van der Waals surface area contributed by atoms with Crippen LogP contribution in [0.1, 0.15) is 28.4 Å². The van der Waals surface area contributed by atoms with Gasteiger partial charge in [0.1, 0.15) is 6.61 Å². The first-order valence-corrected chi connectivity index (χ1v) is 10.6. The maximum Gasteiger partial charge on any atom is 0.255 e. The van der Waals surface area contributed by atoms with Crippen LogP contribution in [0.3, 0.4) is 0 Å². The van der Waals surface area contributed by atoms with E-state index in [2.05, 4.69) is 27.9 Å². The summed E-state index contributed by atoms with van der Waals surface area (Å²) in [5.74, 6) is 0.941. The van der Waals surface area contributed by atoms with Crippen LogP contribution in [0.2, 0.25) is 5.02 Å². The smallest absolute Gasteiger partial charge is 0.255 e. The molecule has 0 aliphatic carbocycles. The molecule has 1 N–H and O–H groups in total. The molecular formula is C23H21ClINO3. The fourth-order valence-electron chi connectivity index (χ4n) is 2.75. The normalized spacial score (nSPS) is 10.5. The van der Waals surface area contributed by atoms with Crippen molar-refractivity contribution in [3.8, 4) is 11.5 Å². The molecule has 3 aromatic carbocycles. The van der Waals surface area contributed by atoms with E-state index < -0.39 is 0 Å². The molecule has 0 radical (unpaired) electrons. The highest BCUT2D eigenvalue weighted by molar-refractivity contribution is 14.1. The lowest BCUT2D eigenvalue weighted by Gasteiger charge is -2.16. The molecule has 150 valence electrons. The molecule has 0 unspecified atom stereocenters. The summed E-state index contributed by atoms with van der Waals surface area (Å²) in [4.78, 5) is 12.9. The van der Waals surface area contributed by atoms with Gasteiger partial charge in [-0.25, -0.2) is 0 Å². The Kier molecular flexibility index (Phi) is 7.39. The molecule has 4 nitrogen and oxygen atoms in total. The number of benzene rings is 3. The van der Waals surface area contributed by atoms with Gasteiger partial charge in [0.05, 0.1) is 10.2 Å². The molecule has 0 saturated heterocycles. The largest absolute Gasteiger partial charge is 0.489 e. The Labute approximate surface area is 189 Å². The van der Waals surface area contributed by atoms with Crippen LogP contribution in [-0.4, -0.2) is 12.5 Å². The first-order valence-electron chi connectivity index (χ1n) is 9.18. The lowest BCUT2D eigenvalue weighted by molar-refractivity contribution is 0.102. The highest BCUT2D eigenvalue weighted by Gasteiger charge is 2.17. The monoisotopic (exact) mass is 521 g/mol. The zero-order valence-electron chi connectivity index (χ0n) is 16.2. The van der Waals surface area contributed by atoms with E-state index in [1.165, 1.54) is 0 Å². The van der Waals surface area contributed by atoms with Crippen LogP contribution in [0, 0.1) is 10.5 Å². The second kappa shape index (κ2) is 9.98. The number of carbonyl (C=O) groups excluding carboxylic acids is 1. The summed E-state index contributed by atoms with van der Waals surface area (Å²) in [5, 5.41) is 3.49. The molecule has 6 heteroatoms. The number of anilines is 1. The number of hydrogen-bond donors (Lipinski definition) is 1. The summed E-state index contributed by atoms with van der Waals surface area (Å²) >= 11 is 8.22. The van der Waals surface area contributed by atoms with Crippen LogP contribution in [0.15, 0.2) is 60.7 Å². The Hall–Kier alpha value is -2.25. The summed E-state index contributed by atoms with van der Waals surface area (Å²) in [5.41, 5.74) is 3.14. The molecule has 3 rings (SSSR count). The molecule has 0 heterocycles. The third-order valence-electron chi connectivity index (χ3n) is 4.25. The first-order chi connectivity index (χ1) is 14.0. The number of carbonyl (C=O) groups is 1. The van der Waals surface area contributed by atoms with E-state index in [9.17, 15) is 4.79 Å². The van der Waals surface area contributed by atoms with Gasteiger partial charge in [-0.15, -0.1) is 0 Å². The van der Waals surface area contributed by atoms with Crippen molar-refractivity contribution in [2.24, 2.45) is 0 Å². The average Bonchev–Trinajstić information content (AvgIpc) is 2.71. The third-order valence-corrected chi connectivity index (χ3v) is 5.28. The van der Waals surface area contributed by atoms with Gasteiger partial charge in [0.15, 0.2) is 11.5 Å². The van der Waals surface area contributed by atoms with E-state index >= 15 is 0 Å². The number of halogens is 2. The fraction of sp³-hybridized carbons (Fsp3) is 0.174. The summed E-state index contributed by atoms with van der Waals surface area (Å²) < 4.78 is 12.6. The Morgan fingerprint density at radius 1 is 1.07 bits per heavy atom. The van der Waals surface area contributed by atoms with Crippen molar-refractivity contribution in [3.05, 3.63) is 85.9 Å². The number of nitrogens with one attached hydrogen (secondary N) is 1. The highest BCUT2D eigenvalue weighted by atomic mass is 127. The van der Waals surface area contributed by atoms with Crippen molar-refractivity contribution in [2.75, 3.05) is 11.9 Å². The Morgan fingerprint density at radius 2 is 1.83 bits per heavy atom. The van der Waals surface area contributed by atoms with Gasteiger partial charge in [-0.1, -0.05) is 48.0 Å². The van der Waals surface area contributed by atoms with Crippen LogP contribution in [0.25, 0.3) is 0 Å². The van der Waals surface area contributed by atoms with E-state index in [4.69, 9.17) is 21.1 Å². The maximum absolute atomic E-state index is 12.9. The minimum Gasteiger partial charge on any atom is -0.489 e. The summed E-state index contributed by atoms with van der Waals surface area (Å²) in [6.45, 7) is 4.72. The van der Waals surface area contributed by atoms with Gasteiger partial charge < -0.3 is 14.8 Å². The number of ether oxygens (including phenoxy) is 2. The zero-order valence-corrected chi connectivity index (χ0v) is 19.1. The highest BCUT2D eigenvalue weighted by Crippen LogP contribution is 2.35. The van der Waals surface area contributed by atoms with Crippen molar-refractivity contribution < 1.29 is 14.3 Å². The summed E-state index contributed by atoms with van der Waals surface area (Å²) in [6.07, 6.45) is 0. The van der Waals surface area contributed by atoms with Crippen molar-refractivity contribution in [2.45, 2.75) is 20.5 Å². The van der Waals surface area contributed by atoms with E-state index in [0.717, 1.165) is 14.7 Å².